The molecule has 4 nitrogen and oxygen atoms in total. The van der Waals surface area contributed by atoms with Gasteiger partial charge in [-0.1, -0.05) is 0 Å². The average molecular weight is 268 g/mol. The van der Waals surface area contributed by atoms with E-state index in [1.165, 1.54) is 0 Å². The lowest BCUT2D eigenvalue weighted by Crippen LogP contribution is -2.20. The van der Waals surface area contributed by atoms with Crippen molar-refractivity contribution >= 4 is 15.5 Å². The molecule has 1 fully saturated rings. The maximum Gasteiger partial charge on any atom is 0.181 e. The van der Waals surface area contributed by atoms with E-state index >= 15 is 0 Å². The number of sulfone groups is 1. The summed E-state index contributed by atoms with van der Waals surface area (Å²) in [6.45, 7) is 4.34. The summed E-state index contributed by atoms with van der Waals surface area (Å²) >= 11 is 0. The van der Waals surface area contributed by atoms with Crippen LogP contribution in [0, 0.1) is 0 Å². The van der Waals surface area contributed by atoms with Crippen molar-refractivity contribution in [2.24, 2.45) is 0 Å². The van der Waals surface area contributed by atoms with Crippen molar-refractivity contribution < 1.29 is 8.42 Å². The van der Waals surface area contributed by atoms with E-state index < -0.39 is 15.1 Å². The zero-order valence-electron chi connectivity index (χ0n) is 10.8. The molecule has 0 bridgehead atoms. The molecule has 1 aliphatic rings. The third-order valence-corrected chi connectivity index (χ3v) is 5.62. The molecule has 0 radical (unpaired) electrons. The number of hydrogen-bond donors (Lipinski definition) is 2. The molecular weight excluding hydrogens is 248 g/mol. The Kier molecular flexibility index (Phi) is 3.64. The fraction of sp³-hybridized carbons (Fsp3) is 0.538. The second kappa shape index (κ2) is 4.90. The Balaban J connectivity index is 2.53. The summed E-state index contributed by atoms with van der Waals surface area (Å²) < 4.78 is 24.7. The molecule has 1 heterocycles. The summed E-state index contributed by atoms with van der Waals surface area (Å²) in [7, 11) is -3.26. The molecule has 3 N–H and O–H groups in total. The summed E-state index contributed by atoms with van der Waals surface area (Å²) in [5.74, 6) is 0. The van der Waals surface area contributed by atoms with Crippen LogP contribution in [-0.4, -0.2) is 20.2 Å². The van der Waals surface area contributed by atoms with Gasteiger partial charge >= 0.3 is 0 Å². The van der Waals surface area contributed by atoms with Gasteiger partial charge in [-0.25, -0.2) is 8.42 Å². The predicted octanol–water partition coefficient (Wildman–Crippen LogP) is 1.88. The lowest BCUT2D eigenvalue weighted by Gasteiger charge is -2.18. The minimum absolute atomic E-state index is 0.108. The Hall–Kier alpha value is -1.07. The number of nitrogens with one attached hydrogen (secondary N) is 1. The molecule has 1 aromatic rings. The van der Waals surface area contributed by atoms with E-state index in [0.717, 1.165) is 24.9 Å². The molecule has 0 spiro atoms. The van der Waals surface area contributed by atoms with Crippen LogP contribution in [0.15, 0.2) is 23.1 Å². The quantitative estimate of drug-likeness (QED) is 0.821. The van der Waals surface area contributed by atoms with Crippen molar-refractivity contribution in [1.29, 1.82) is 0 Å². The number of anilines is 1. The van der Waals surface area contributed by atoms with Crippen LogP contribution in [-0.2, 0) is 9.84 Å². The van der Waals surface area contributed by atoms with E-state index in [4.69, 9.17) is 5.73 Å². The van der Waals surface area contributed by atoms with Crippen molar-refractivity contribution in [2.45, 2.75) is 42.9 Å². The van der Waals surface area contributed by atoms with Crippen molar-refractivity contribution in [2.75, 3.05) is 12.3 Å². The molecular formula is C13H20N2O2S. The Bertz CT molecular complexity index is 532. The summed E-state index contributed by atoms with van der Waals surface area (Å²) in [4.78, 5) is 0.422. The highest BCUT2D eigenvalue weighted by molar-refractivity contribution is 7.92. The molecule has 0 saturated carbocycles. The van der Waals surface area contributed by atoms with Crippen molar-refractivity contribution in [3.63, 3.8) is 0 Å². The SMILES string of the molecule is CC(C)S(=O)(=O)c1ccc(N)cc1[C@@H]1CCCN1. The third-order valence-electron chi connectivity index (χ3n) is 3.40. The lowest BCUT2D eigenvalue weighted by molar-refractivity contribution is 0.579. The molecule has 1 saturated heterocycles. The maximum absolute atomic E-state index is 12.4. The Morgan fingerprint density at radius 2 is 2.11 bits per heavy atom. The number of nitrogens with two attached hydrogens (primary N) is 1. The van der Waals surface area contributed by atoms with Crippen molar-refractivity contribution in [1.82, 2.24) is 5.32 Å². The van der Waals surface area contributed by atoms with Crippen LogP contribution in [0.4, 0.5) is 5.69 Å². The Morgan fingerprint density at radius 1 is 1.39 bits per heavy atom. The highest BCUT2D eigenvalue weighted by atomic mass is 32.2. The fourth-order valence-electron chi connectivity index (χ4n) is 2.30. The van der Waals surface area contributed by atoms with Gasteiger partial charge in [-0.05, 0) is 57.0 Å². The summed E-state index contributed by atoms with van der Waals surface area (Å²) in [5.41, 5.74) is 7.22. The molecule has 1 atom stereocenters. The van der Waals surface area contributed by atoms with E-state index in [-0.39, 0.29) is 6.04 Å². The number of rotatable bonds is 3. The zero-order chi connectivity index (χ0) is 13.3. The molecule has 0 aromatic heterocycles. The Labute approximate surface area is 108 Å². The molecule has 100 valence electrons. The van der Waals surface area contributed by atoms with Crippen LogP contribution in [0.5, 0.6) is 0 Å². The van der Waals surface area contributed by atoms with E-state index in [1.807, 2.05) is 0 Å². The van der Waals surface area contributed by atoms with Crippen molar-refractivity contribution in [3.05, 3.63) is 23.8 Å². The first-order chi connectivity index (χ1) is 8.43. The molecule has 1 aromatic carbocycles. The van der Waals surface area contributed by atoms with E-state index in [1.54, 1.807) is 32.0 Å². The first-order valence-corrected chi connectivity index (χ1v) is 7.84. The molecule has 0 aliphatic carbocycles. The van der Waals surface area contributed by atoms with Gasteiger partial charge in [-0.15, -0.1) is 0 Å². The second-order valence-electron chi connectivity index (χ2n) is 5.04. The van der Waals surface area contributed by atoms with Gasteiger partial charge in [0.15, 0.2) is 9.84 Å². The highest BCUT2D eigenvalue weighted by Crippen LogP contribution is 2.32. The summed E-state index contributed by atoms with van der Waals surface area (Å²) in [6, 6.07) is 5.20. The Morgan fingerprint density at radius 3 is 2.67 bits per heavy atom. The molecule has 1 aliphatic heterocycles. The number of nitrogen functional groups attached to an aromatic ring is 1. The zero-order valence-corrected chi connectivity index (χ0v) is 11.6. The molecule has 0 amide bonds. The normalized spacial score (nSPS) is 20.5. The van der Waals surface area contributed by atoms with Gasteiger partial charge in [0, 0.05) is 11.7 Å². The summed E-state index contributed by atoms with van der Waals surface area (Å²) in [6.07, 6.45) is 2.03. The van der Waals surface area contributed by atoms with Gasteiger partial charge in [-0.2, -0.15) is 0 Å². The van der Waals surface area contributed by atoms with Gasteiger partial charge in [0.05, 0.1) is 10.1 Å². The topological polar surface area (TPSA) is 72.2 Å². The van der Waals surface area contributed by atoms with Crippen LogP contribution in [0.2, 0.25) is 0 Å². The van der Waals surface area contributed by atoms with Crippen LogP contribution in [0.1, 0.15) is 38.3 Å². The largest absolute Gasteiger partial charge is 0.399 e. The van der Waals surface area contributed by atoms with Gasteiger partial charge in [-0.3, -0.25) is 0 Å². The monoisotopic (exact) mass is 268 g/mol. The third kappa shape index (κ3) is 2.37. The first-order valence-electron chi connectivity index (χ1n) is 6.29. The minimum atomic E-state index is -3.26. The first kappa shape index (κ1) is 13.4. The van der Waals surface area contributed by atoms with Crippen molar-refractivity contribution in [3.8, 4) is 0 Å². The van der Waals surface area contributed by atoms with E-state index in [0.29, 0.717) is 10.6 Å². The van der Waals surface area contributed by atoms with Gasteiger partial charge in [0.25, 0.3) is 0 Å². The molecule has 2 rings (SSSR count). The van der Waals surface area contributed by atoms with E-state index in [9.17, 15) is 8.42 Å². The van der Waals surface area contributed by atoms with Gasteiger partial charge in [0.1, 0.15) is 0 Å². The maximum atomic E-state index is 12.4. The highest BCUT2D eigenvalue weighted by Gasteiger charge is 2.27. The standard InChI is InChI=1S/C13H20N2O2S/c1-9(2)18(16,17)13-6-5-10(14)8-11(13)12-4-3-7-15-12/h5-6,8-9,12,15H,3-4,7,14H2,1-2H3/t12-/m0/s1. The molecule has 18 heavy (non-hydrogen) atoms. The fourth-order valence-corrected chi connectivity index (χ4v) is 3.60. The molecule has 0 unspecified atom stereocenters. The second-order valence-corrected chi connectivity index (χ2v) is 7.51. The predicted molar refractivity (Wildman–Crippen MR) is 73.2 cm³/mol. The number of hydrogen-bond acceptors (Lipinski definition) is 4. The molecule has 5 heteroatoms. The van der Waals surface area contributed by atoms with E-state index in [2.05, 4.69) is 5.32 Å². The minimum Gasteiger partial charge on any atom is -0.399 e. The average Bonchev–Trinajstić information content (AvgIpc) is 2.81. The summed E-state index contributed by atoms with van der Waals surface area (Å²) in [5, 5.41) is 2.92. The number of benzene rings is 1. The van der Waals surface area contributed by atoms with Crippen LogP contribution < -0.4 is 11.1 Å². The lowest BCUT2D eigenvalue weighted by atomic mass is 10.0. The van der Waals surface area contributed by atoms with Crippen LogP contribution in [0.25, 0.3) is 0 Å². The van der Waals surface area contributed by atoms with Gasteiger partial charge < -0.3 is 11.1 Å². The smallest absolute Gasteiger partial charge is 0.181 e. The van der Waals surface area contributed by atoms with Crippen LogP contribution >= 0.6 is 0 Å². The van der Waals surface area contributed by atoms with Crippen LogP contribution in [0.3, 0.4) is 0 Å². The van der Waals surface area contributed by atoms with Gasteiger partial charge in [0.2, 0.25) is 0 Å².